The van der Waals surface area contributed by atoms with Gasteiger partial charge < -0.3 is 20.6 Å². The molecule has 2 rings (SSSR count). The summed E-state index contributed by atoms with van der Waals surface area (Å²) < 4.78 is 0. The lowest BCUT2D eigenvalue weighted by atomic mass is 10.0. The lowest BCUT2D eigenvalue weighted by Gasteiger charge is -2.11. The van der Waals surface area contributed by atoms with E-state index in [1.54, 1.807) is 31.3 Å². The molecule has 0 atom stereocenters. The lowest BCUT2D eigenvalue weighted by Crippen LogP contribution is -2.14. The van der Waals surface area contributed by atoms with E-state index in [4.69, 9.17) is 10.2 Å². The van der Waals surface area contributed by atoms with Gasteiger partial charge in [-0.25, -0.2) is 0 Å². The molecule has 0 radical (unpaired) electrons. The van der Waals surface area contributed by atoms with Crippen LogP contribution in [0.3, 0.4) is 0 Å². The number of hydrogen-bond acceptors (Lipinski definition) is 6. The van der Waals surface area contributed by atoms with E-state index in [0.717, 1.165) is 29.9 Å². The van der Waals surface area contributed by atoms with Gasteiger partial charge in [-0.1, -0.05) is 163 Å². The van der Waals surface area contributed by atoms with Gasteiger partial charge >= 0.3 is 0 Å². The number of unbranched alkanes of at least 4 members (excludes halogenated alkanes) is 2. The molecule has 6 nitrogen and oxygen atoms in total. The first-order valence-electron chi connectivity index (χ1n) is 18.5. The van der Waals surface area contributed by atoms with Gasteiger partial charge in [0.1, 0.15) is 11.5 Å². The number of hydrogen-bond donors (Lipinski definition) is 4. The molecule has 0 aliphatic carbocycles. The highest BCUT2D eigenvalue weighted by molar-refractivity contribution is 5.94. The van der Waals surface area contributed by atoms with E-state index < -0.39 is 0 Å². The van der Waals surface area contributed by atoms with Gasteiger partial charge in [0.25, 0.3) is 0 Å². The smallest absolute Gasteiger partial charge is 0.159 e. The maximum absolute atomic E-state index is 10.7. The second kappa shape index (κ2) is 36.6. The second-order valence-electron chi connectivity index (χ2n) is 12.5. The molecule has 0 aliphatic heterocycles. The molecule has 2 aromatic rings. The molecule has 6 heteroatoms. The van der Waals surface area contributed by atoms with Crippen molar-refractivity contribution in [3.05, 3.63) is 95.9 Å². The summed E-state index contributed by atoms with van der Waals surface area (Å²) in [5.74, 6) is 1.77. The van der Waals surface area contributed by atoms with Crippen LogP contribution in [0.25, 0.3) is 5.70 Å². The van der Waals surface area contributed by atoms with Gasteiger partial charge in [-0.15, -0.1) is 0 Å². The number of nitrogens with zero attached hydrogens (tertiary/aromatic N) is 1. The van der Waals surface area contributed by atoms with Crippen molar-refractivity contribution in [1.29, 1.82) is 0 Å². The molecule has 0 unspecified atom stereocenters. The molecule has 1 aromatic heterocycles. The summed E-state index contributed by atoms with van der Waals surface area (Å²) in [7, 11) is 1.00. The van der Waals surface area contributed by atoms with Crippen molar-refractivity contribution >= 4 is 11.5 Å². The van der Waals surface area contributed by atoms with Crippen molar-refractivity contribution in [2.24, 2.45) is 11.8 Å². The topological polar surface area (TPSA) is 103 Å². The number of allylic oxidation sites excluding steroid dienone is 3. The zero-order valence-corrected chi connectivity index (χ0v) is 34.3. The van der Waals surface area contributed by atoms with Crippen LogP contribution < -0.4 is 5.32 Å². The van der Waals surface area contributed by atoms with Crippen molar-refractivity contribution < 1.29 is 20.1 Å². The summed E-state index contributed by atoms with van der Waals surface area (Å²) in [5, 5.41) is 28.8. The second-order valence-corrected chi connectivity index (χ2v) is 12.5. The van der Waals surface area contributed by atoms with E-state index >= 15 is 0 Å². The number of carbonyl (C=O) groups is 1. The number of rotatable bonds is 14. The molecule has 0 aliphatic rings. The molecule has 1 aromatic carbocycles. The normalized spacial score (nSPS) is 10.3. The van der Waals surface area contributed by atoms with Gasteiger partial charge in [-0.2, -0.15) is 0 Å². The summed E-state index contributed by atoms with van der Waals surface area (Å²) in [5.41, 5.74) is 5.05. The van der Waals surface area contributed by atoms with Crippen molar-refractivity contribution in [3.8, 4) is 11.5 Å². The monoisotopic (exact) mass is 697 g/mol. The number of aryl methyl sites for hydroxylation is 1. The number of nitrogens with one attached hydrogen (secondary N) is 1. The van der Waals surface area contributed by atoms with Crippen LogP contribution in [0.5, 0.6) is 11.5 Å². The number of carbonyl (C=O) groups excluding carboxylic acids is 1. The van der Waals surface area contributed by atoms with E-state index in [9.17, 15) is 9.90 Å². The Hall–Kier alpha value is -3.64. The maximum Gasteiger partial charge on any atom is 0.159 e. The molecule has 0 bridgehead atoms. The number of phenolic OH excluding ortho intramolecular Hbond substituents is 1. The van der Waals surface area contributed by atoms with Gasteiger partial charge in [0.05, 0.1) is 5.69 Å². The van der Waals surface area contributed by atoms with Crippen LogP contribution in [0, 0.1) is 18.8 Å². The van der Waals surface area contributed by atoms with Gasteiger partial charge in [0.2, 0.25) is 0 Å². The largest absolute Gasteiger partial charge is 0.508 e. The van der Waals surface area contributed by atoms with E-state index in [0.29, 0.717) is 23.7 Å². The van der Waals surface area contributed by atoms with E-state index in [-0.39, 0.29) is 17.3 Å². The number of benzene rings is 1. The molecule has 4 N–H and O–H groups in total. The Balaban J connectivity index is -0.000000311. The first-order valence-corrected chi connectivity index (χ1v) is 18.5. The van der Waals surface area contributed by atoms with Crippen LogP contribution in [-0.4, -0.2) is 39.7 Å². The van der Waals surface area contributed by atoms with Gasteiger partial charge in [-0.05, 0) is 56.4 Å². The number of pyridine rings is 1. The van der Waals surface area contributed by atoms with Gasteiger partial charge in [0.15, 0.2) is 5.78 Å². The Morgan fingerprint density at radius 3 is 1.72 bits per heavy atom. The van der Waals surface area contributed by atoms with Crippen LogP contribution in [0.15, 0.2) is 79.1 Å². The van der Waals surface area contributed by atoms with Crippen molar-refractivity contribution in [2.75, 3.05) is 13.7 Å². The number of phenols is 1. The van der Waals surface area contributed by atoms with E-state index in [1.165, 1.54) is 76.0 Å². The lowest BCUT2D eigenvalue weighted by molar-refractivity contribution is 0.101. The minimum Gasteiger partial charge on any atom is -0.508 e. The molecule has 1 heterocycles. The van der Waals surface area contributed by atoms with Gasteiger partial charge in [0, 0.05) is 36.7 Å². The molecule has 0 fully saturated rings. The van der Waals surface area contributed by atoms with Crippen LogP contribution in [-0.2, 0) is 0 Å². The Morgan fingerprint density at radius 1 is 0.840 bits per heavy atom. The summed E-state index contributed by atoms with van der Waals surface area (Å²) in [4.78, 5) is 14.8. The highest BCUT2D eigenvalue weighted by Crippen LogP contribution is 2.19. The molecule has 0 saturated carbocycles. The number of ketones is 1. The third-order valence-corrected chi connectivity index (χ3v) is 7.46. The highest BCUT2D eigenvalue weighted by atomic mass is 16.3. The van der Waals surface area contributed by atoms with Crippen LogP contribution in [0.1, 0.15) is 149 Å². The van der Waals surface area contributed by atoms with Crippen molar-refractivity contribution in [3.63, 3.8) is 0 Å². The minimum atomic E-state index is -0.0316. The average molecular weight is 697 g/mol. The SMILES string of the molecule is C=C/C(=C\C=C(\C)C(C)C)CNC(=C)c1cnc(C)c(O)c1.CC(=O)c1cccc(O)c1.CCCC.CCCC.CCCC(C)CCC.CO. The van der Waals surface area contributed by atoms with Crippen molar-refractivity contribution in [1.82, 2.24) is 10.3 Å². The average Bonchev–Trinajstić information content (AvgIpc) is 3.11. The van der Waals surface area contributed by atoms with E-state index in [1.807, 2.05) is 6.08 Å². The highest BCUT2D eigenvalue weighted by Gasteiger charge is 2.04. The number of aromatic nitrogens is 1. The Morgan fingerprint density at radius 2 is 1.36 bits per heavy atom. The third-order valence-electron chi connectivity index (χ3n) is 7.46. The first-order chi connectivity index (χ1) is 23.7. The molecule has 0 spiro atoms. The number of Topliss-reactive ketones (excluding diaryl/α,β-unsaturated/α-hetero) is 1. The summed E-state index contributed by atoms with van der Waals surface area (Å²) >= 11 is 0. The molecule has 0 saturated heterocycles. The van der Waals surface area contributed by atoms with Crippen LogP contribution in [0.2, 0.25) is 0 Å². The zero-order valence-electron chi connectivity index (χ0n) is 34.3. The van der Waals surface area contributed by atoms with E-state index in [2.05, 4.69) is 105 Å². The zero-order chi connectivity index (χ0) is 39.5. The number of aliphatic hydroxyl groups is 1. The maximum atomic E-state index is 10.7. The molecular weight excluding hydrogens is 620 g/mol. The fourth-order valence-corrected chi connectivity index (χ4v) is 3.48. The fraction of sp³-hybridized carbons (Fsp3) is 0.545. The standard InChI is InChI=1S/C19H26N2O.C8H8O2.C8H18.2C4H10.CH4O/c1-7-17(9-8-14(4)13(2)3)11-20-15(5)18-10-19(22)16(6)21-12-18;1-6(9)7-3-2-4-8(10)5-7;1-4-6-8(3)7-5-2;2*1-3-4-2;1-2/h7-10,12-13,20,22H,1,5,11H2,2-4,6H3;2-5,10H,1H3;8H,4-7H2,1-3H3;2*3-4H2,1-2H3;2H,1H3/b14-8-,17-9+;;;;;. The molecule has 286 valence electrons. The summed E-state index contributed by atoms with van der Waals surface area (Å²) in [6, 6.07) is 7.96. The third kappa shape index (κ3) is 31.6. The Kier molecular flexibility index (Phi) is 39.0. The Bertz CT molecular complexity index is 1180. The van der Waals surface area contributed by atoms with Crippen LogP contribution >= 0.6 is 0 Å². The summed E-state index contributed by atoms with van der Waals surface area (Å²) in [6.45, 7) is 33.7. The van der Waals surface area contributed by atoms with Crippen molar-refractivity contribution in [2.45, 2.75) is 134 Å². The number of aliphatic hydroxyl groups excluding tert-OH is 1. The predicted molar refractivity (Wildman–Crippen MR) is 221 cm³/mol. The van der Waals surface area contributed by atoms with Crippen LogP contribution in [0.4, 0.5) is 0 Å². The molecule has 50 heavy (non-hydrogen) atoms. The minimum absolute atomic E-state index is 0.0316. The number of aromatic hydroxyl groups is 2. The first kappa shape index (κ1) is 53.2. The fourth-order valence-electron chi connectivity index (χ4n) is 3.48. The predicted octanol–water partition coefficient (Wildman–Crippen LogP) is 12.4. The summed E-state index contributed by atoms with van der Waals surface area (Å²) in [6.07, 6.45) is 18.5. The quantitative estimate of drug-likeness (QED) is 0.116. The van der Waals surface area contributed by atoms with Gasteiger partial charge in [-0.3, -0.25) is 9.78 Å². The Labute approximate surface area is 308 Å². The molecular formula is C44H76N2O4. The molecule has 0 amide bonds.